The topological polar surface area (TPSA) is 72.8 Å². The van der Waals surface area contributed by atoms with E-state index in [0.717, 1.165) is 24.8 Å². The number of carbonyl (C=O) groups is 2. The van der Waals surface area contributed by atoms with Crippen molar-refractivity contribution in [2.75, 3.05) is 7.11 Å². The van der Waals surface area contributed by atoms with Crippen LogP contribution in [0.3, 0.4) is 0 Å². The van der Waals surface area contributed by atoms with Crippen LogP contribution in [0.4, 0.5) is 4.39 Å². The van der Waals surface area contributed by atoms with E-state index in [1.54, 1.807) is 18.2 Å². The van der Waals surface area contributed by atoms with E-state index in [4.69, 9.17) is 9.47 Å². The molecule has 0 atom stereocenters. The van der Waals surface area contributed by atoms with Crippen molar-refractivity contribution in [3.05, 3.63) is 58.9 Å². The van der Waals surface area contributed by atoms with E-state index in [-0.39, 0.29) is 22.3 Å². The van der Waals surface area contributed by atoms with E-state index in [1.165, 1.54) is 44.6 Å². The van der Waals surface area contributed by atoms with Gasteiger partial charge in [0.05, 0.1) is 12.7 Å². The van der Waals surface area contributed by atoms with Crippen LogP contribution in [0, 0.1) is 23.6 Å². The van der Waals surface area contributed by atoms with Crippen LogP contribution >= 0.6 is 0 Å². The first-order valence-electron chi connectivity index (χ1n) is 10.8. The average molecular weight is 424 g/mol. The molecule has 5 nitrogen and oxygen atoms in total. The fourth-order valence-electron chi connectivity index (χ4n) is 6.62. The normalized spacial score (nSPS) is 28.4. The Kier molecular flexibility index (Phi) is 4.76. The van der Waals surface area contributed by atoms with Crippen LogP contribution in [0.5, 0.6) is 11.5 Å². The number of hydrogen-bond acceptors (Lipinski definition) is 4. The summed E-state index contributed by atoms with van der Waals surface area (Å²) in [5.41, 5.74) is 0.453. The highest BCUT2D eigenvalue weighted by Gasteiger charge is 2.52. The second-order valence-electron chi connectivity index (χ2n) is 9.42. The van der Waals surface area contributed by atoms with Gasteiger partial charge >= 0.3 is 11.9 Å². The first-order valence-corrected chi connectivity index (χ1v) is 10.8. The lowest BCUT2D eigenvalue weighted by Gasteiger charge is -2.57. The molecular weight excluding hydrogens is 399 g/mol. The molecule has 6 rings (SSSR count). The minimum atomic E-state index is -1.21. The summed E-state index contributed by atoms with van der Waals surface area (Å²) < 4.78 is 25.8. The lowest BCUT2D eigenvalue weighted by molar-refractivity contribution is -0.00622. The second-order valence-corrected chi connectivity index (χ2v) is 9.42. The van der Waals surface area contributed by atoms with Crippen molar-refractivity contribution in [2.24, 2.45) is 17.8 Å². The number of hydrogen-bond donors (Lipinski definition) is 1. The predicted octanol–water partition coefficient (Wildman–Crippen LogP) is 5.22. The summed E-state index contributed by atoms with van der Waals surface area (Å²) in [6, 6.07) is 8.71. The zero-order valence-corrected chi connectivity index (χ0v) is 17.4. The first kappa shape index (κ1) is 20.0. The van der Waals surface area contributed by atoms with Crippen molar-refractivity contribution in [2.45, 2.75) is 43.9 Å². The molecule has 4 saturated carbocycles. The van der Waals surface area contributed by atoms with Crippen molar-refractivity contribution in [3.8, 4) is 11.5 Å². The van der Waals surface area contributed by atoms with Crippen molar-refractivity contribution in [3.63, 3.8) is 0 Å². The lowest BCUT2D eigenvalue weighted by Crippen LogP contribution is -2.48. The molecule has 162 valence electrons. The number of carbonyl (C=O) groups excluding carboxylic acids is 1. The van der Waals surface area contributed by atoms with Gasteiger partial charge in [-0.25, -0.2) is 14.0 Å². The Morgan fingerprint density at radius 3 is 2.16 bits per heavy atom. The highest BCUT2D eigenvalue weighted by molar-refractivity contribution is 5.95. The number of aromatic carboxylic acids is 1. The molecule has 4 bridgehead atoms. The van der Waals surface area contributed by atoms with Gasteiger partial charge in [-0.05, 0) is 79.9 Å². The Hall–Kier alpha value is -2.89. The standard InChI is InChI=1S/C25H25FO5/c1-30-22-10-20(26)18(24(29)31-21-5-3-2-4-17(21)23(27)28)9-19(22)25-11-14-6-15(12-25)8-16(7-14)13-25/h2-5,9-10,14-16H,6-8,11-13H2,1H3,(H,27,28). The molecule has 0 aromatic heterocycles. The van der Waals surface area contributed by atoms with Crippen molar-refractivity contribution < 1.29 is 28.6 Å². The lowest BCUT2D eigenvalue weighted by atomic mass is 9.48. The molecule has 31 heavy (non-hydrogen) atoms. The smallest absolute Gasteiger partial charge is 0.346 e. The molecule has 0 heterocycles. The van der Waals surface area contributed by atoms with Crippen molar-refractivity contribution in [1.82, 2.24) is 0 Å². The zero-order valence-electron chi connectivity index (χ0n) is 17.4. The summed E-state index contributed by atoms with van der Waals surface area (Å²) in [6.07, 6.45) is 6.92. The first-order chi connectivity index (χ1) is 14.9. The fraction of sp³-hybridized carbons (Fsp3) is 0.440. The van der Waals surface area contributed by atoms with Crippen LogP contribution in [0.1, 0.15) is 64.8 Å². The van der Waals surface area contributed by atoms with Crippen LogP contribution < -0.4 is 9.47 Å². The maximum atomic E-state index is 14.9. The summed E-state index contributed by atoms with van der Waals surface area (Å²) in [5.74, 6) is -0.444. The molecule has 0 aliphatic heterocycles. The molecule has 2 aromatic carbocycles. The van der Waals surface area contributed by atoms with Crippen molar-refractivity contribution in [1.29, 1.82) is 0 Å². The molecule has 4 aliphatic carbocycles. The van der Waals surface area contributed by atoms with E-state index in [0.29, 0.717) is 23.5 Å². The van der Waals surface area contributed by atoms with Crippen LogP contribution in [-0.4, -0.2) is 24.2 Å². The highest BCUT2D eigenvalue weighted by atomic mass is 19.1. The third-order valence-electron chi connectivity index (χ3n) is 7.44. The third-order valence-corrected chi connectivity index (χ3v) is 7.44. The van der Waals surface area contributed by atoms with Gasteiger partial charge in [-0.3, -0.25) is 0 Å². The second kappa shape index (κ2) is 7.36. The average Bonchev–Trinajstić information content (AvgIpc) is 2.72. The molecular formula is C25H25FO5. The summed E-state index contributed by atoms with van der Waals surface area (Å²) in [6.45, 7) is 0. The fourth-order valence-corrected chi connectivity index (χ4v) is 6.62. The van der Waals surface area contributed by atoms with Gasteiger partial charge in [-0.15, -0.1) is 0 Å². The van der Waals surface area contributed by atoms with E-state index in [9.17, 15) is 19.1 Å². The van der Waals surface area contributed by atoms with E-state index in [1.807, 2.05) is 0 Å². The number of halogens is 1. The van der Waals surface area contributed by atoms with Gasteiger partial charge in [-0.1, -0.05) is 12.1 Å². The van der Waals surface area contributed by atoms with Crippen LogP contribution in [0.25, 0.3) is 0 Å². The van der Waals surface area contributed by atoms with Gasteiger partial charge in [-0.2, -0.15) is 0 Å². The number of esters is 1. The van der Waals surface area contributed by atoms with E-state index < -0.39 is 17.8 Å². The molecule has 0 unspecified atom stereocenters. The van der Waals surface area contributed by atoms with E-state index in [2.05, 4.69) is 0 Å². The number of carboxylic acids is 1. The van der Waals surface area contributed by atoms with Crippen LogP contribution in [-0.2, 0) is 5.41 Å². The number of ether oxygens (including phenoxy) is 2. The molecule has 6 heteroatoms. The highest BCUT2D eigenvalue weighted by Crippen LogP contribution is 2.62. The Balaban J connectivity index is 1.53. The molecule has 0 amide bonds. The summed E-state index contributed by atoms with van der Waals surface area (Å²) in [5, 5.41) is 9.33. The maximum Gasteiger partial charge on any atom is 0.346 e. The number of carboxylic acid groups (broad SMARTS) is 1. The van der Waals surface area contributed by atoms with E-state index >= 15 is 0 Å². The summed E-state index contributed by atoms with van der Waals surface area (Å²) >= 11 is 0. The number of para-hydroxylation sites is 1. The molecule has 0 radical (unpaired) electrons. The van der Waals surface area contributed by atoms with Crippen molar-refractivity contribution >= 4 is 11.9 Å². The van der Waals surface area contributed by atoms with Gasteiger partial charge in [0.25, 0.3) is 0 Å². The van der Waals surface area contributed by atoms with Crippen LogP contribution in [0.2, 0.25) is 0 Å². The molecule has 4 fully saturated rings. The third kappa shape index (κ3) is 3.38. The van der Waals surface area contributed by atoms with Crippen LogP contribution in [0.15, 0.2) is 36.4 Å². The zero-order chi connectivity index (χ0) is 21.8. The minimum absolute atomic E-state index is 0.0954. The minimum Gasteiger partial charge on any atom is -0.496 e. The number of benzene rings is 2. The largest absolute Gasteiger partial charge is 0.496 e. The summed E-state index contributed by atoms with van der Waals surface area (Å²) in [4.78, 5) is 24.3. The van der Waals surface area contributed by atoms with Gasteiger partial charge < -0.3 is 14.6 Å². The monoisotopic (exact) mass is 424 g/mol. The van der Waals surface area contributed by atoms with Gasteiger partial charge in [0.1, 0.15) is 22.9 Å². The Bertz CT molecular complexity index is 1020. The molecule has 2 aromatic rings. The SMILES string of the molecule is COc1cc(F)c(C(=O)Oc2ccccc2C(=O)O)cc1C12CC3CC(CC(C3)C1)C2. The number of rotatable bonds is 5. The quantitative estimate of drug-likeness (QED) is 0.526. The molecule has 1 N–H and O–H groups in total. The molecule has 0 spiro atoms. The Labute approximate surface area is 180 Å². The maximum absolute atomic E-state index is 14.9. The Morgan fingerprint density at radius 1 is 0.968 bits per heavy atom. The van der Waals surface area contributed by atoms with Gasteiger partial charge in [0.2, 0.25) is 0 Å². The van der Waals surface area contributed by atoms with Gasteiger partial charge in [0, 0.05) is 11.6 Å². The Morgan fingerprint density at radius 2 is 1.58 bits per heavy atom. The number of methoxy groups -OCH3 is 1. The molecule has 0 saturated heterocycles. The molecule has 4 aliphatic rings. The predicted molar refractivity (Wildman–Crippen MR) is 111 cm³/mol. The summed E-state index contributed by atoms with van der Waals surface area (Å²) in [7, 11) is 1.53. The van der Waals surface area contributed by atoms with Gasteiger partial charge in [0.15, 0.2) is 0 Å².